The van der Waals surface area contributed by atoms with Crippen molar-refractivity contribution >= 4 is 12.0 Å². The second-order valence-electron chi connectivity index (χ2n) is 6.28. The molecule has 6 heteroatoms. The Morgan fingerprint density at radius 2 is 1.85 bits per heavy atom. The minimum atomic E-state index is -0.730. The van der Waals surface area contributed by atoms with Gasteiger partial charge in [0.05, 0.1) is 7.11 Å². The lowest BCUT2D eigenvalue weighted by molar-refractivity contribution is -0.128. The van der Waals surface area contributed by atoms with Crippen LogP contribution in [0.4, 0.5) is 0 Å². The Hall–Kier alpha value is -3.41. The van der Waals surface area contributed by atoms with Gasteiger partial charge in [-0.1, -0.05) is 24.3 Å². The summed E-state index contributed by atoms with van der Waals surface area (Å²) in [6, 6.07) is 9.93. The van der Waals surface area contributed by atoms with E-state index in [1.807, 2.05) is 0 Å². The van der Waals surface area contributed by atoms with Crippen LogP contribution in [0.5, 0.6) is 28.7 Å². The number of carbonyl (C=O) groups excluding carboxylic acids is 1. The van der Waals surface area contributed by atoms with Crippen LogP contribution in [0.15, 0.2) is 54.6 Å². The van der Waals surface area contributed by atoms with Crippen LogP contribution < -0.4 is 18.9 Å². The Labute approximate surface area is 157 Å². The standard InChI is InChI=1S/C21H20O6/c1-21(2)26-17-11-9-15(13-19(17)27-21)25-20(23)7-5-4-6-14-8-10-16(22)18(12-14)24-3/h4-13,22H,1-3H3/b6-4+,7-5+. The van der Waals surface area contributed by atoms with Crippen LogP contribution >= 0.6 is 0 Å². The fourth-order valence-corrected chi connectivity index (χ4v) is 2.52. The van der Waals surface area contributed by atoms with Crippen molar-refractivity contribution in [1.82, 2.24) is 0 Å². The molecule has 1 heterocycles. The maximum absolute atomic E-state index is 11.9. The Balaban J connectivity index is 1.58. The highest BCUT2D eigenvalue weighted by Gasteiger charge is 2.31. The van der Waals surface area contributed by atoms with Crippen molar-refractivity contribution in [3.63, 3.8) is 0 Å². The van der Waals surface area contributed by atoms with E-state index in [4.69, 9.17) is 18.9 Å². The first kappa shape index (κ1) is 18.4. The van der Waals surface area contributed by atoms with Crippen LogP contribution in [-0.4, -0.2) is 24.0 Å². The van der Waals surface area contributed by atoms with Crippen molar-refractivity contribution in [2.75, 3.05) is 7.11 Å². The highest BCUT2D eigenvalue weighted by molar-refractivity contribution is 5.84. The van der Waals surface area contributed by atoms with Gasteiger partial charge in [0.15, 0.2) is 23.0 Å². The summed E-state index contributed by atoms with van der Waals surface area (Å²) >= 11 is 0. The molecule has 0 bridgehead atoms. The quantitative estimate of drug-likeness (QED) is 0.371. The molecule has 2 aromatic carbocycles. The summed E-state index contributed by atoms with van der Waals surface area (Å²) in [4.78, 5) is 11.9. The number of ether oxygens (including phenoxy) is 4. The Morgan fingerprint density at radius 3 is 2.63 bits per heavy atom. The second kappa shape index (κ2) is 7.45. The third kappa shape index (κ3) is 4.61. The van der Waals surface area contributed by atoms with E-state index in [2.05, 4.69) is 0 Å². The van der Waals surface area contributed by atoms with Crippen LogP contribution in [0.2, 0.25) is 0 Å². The number of rotatable bonds is 5. The molecule has 0 fully saturated rings. The minimum absolute atomic E-state index is 0.0703. The normalized spacial score (nSPS) is 14.6. The van der Waals surface area contributed by atoms with Gasteiger partial charge >= 0.3 is 5.97 Å². The molecule has 0 radical (unpaired) electrons. The zero-order chi connectivity index (χ0) is 19.4. The number of hydrogen-bond donors (Lipinski definition) is 1. The van der Waals surface area contributed by atoms with Crippen LogP contribution in [0, 0.1) is 0 Å². The monoisotopic (exact) mass is 368 g/mol. The molecular weight excluding hydrogens is 348 g/mol. The molecule has 1 aliphatic heterocycles. The molecule has 0 aliphatic carbocycles. The molecule has 0 amide bonds. The van der Waals surface area contributed by atoms with Crippen molar-refractivity contribution in [3.8, 4) is 28.7 Å². The van der Waals surface area contributed by atoms with E-state index in [1.165, 1.54) is 19.3 Å². The molecular formula is C21H20O6. The van der Waals surface area contributed by atoms with E-state index in [9.17, 15) is 9.90 Å². The molecule has 2 aromatic rings. The van der Waals surface area contributed by atoms with Gasteiger partial charge in [-0.05, 0) is 29.8 Å². The van der Waals surface area contributed by atoms with E-state index in [0.29, 0.717) is 23.0 Å². The fourth-order valence-electron chi connectivity index (χ4n) is 2.52. The number of phenols is 1. The number of phenolic OH excluding ortho intramolecular Hbond substituents is 1. The maximum atomic E-state index is 11.9. The number of carbonyl (C=O) groups is 1. The molecule has 1 aliphatic rings. The lowest BCUT2D eigenvalue weighted by Gasteiger charge is -2.16. The van der Waals surface area contributed by atoms with E-state index >= 15 is 0 Å². The third-order valence-electron chi connectivity index (χ3n) is 3.68. The lowest BCUT2D eigenvalue weighted by Crippen LogP contribution is -2.29. The molecule has 6 nitrogen and oxygen atoms in total. The van der Waals surface area contributed by atoms with E-state index < -0.39 is 11.8 Å². The third-order valence-corrected chi connectivity index (χ3v) is 3.68. The van der Waals surface area contributed by atoms with E-state index in [1.54, 1.807) is 62.4 Å². The van der Waals surface area contributed by atoms with E-state index in [0.717, 1.165) is 5.56 Å². The van der Waals surface area contributed by atoms with Gasteiger partial charge in [-0.25, -0.2) is 4.79 Å². The number of hydrogen-bond acceptors (Lipinski definition) is 6. The fraction of sp³-hybridized carbons (Fsp3) is 0.190. The van der Waals surface area contributed by atoms with Crippen LogP contribution in [0.1, 0.15) is 19.4 Å². The molecule has 0 saturated carbocycles. The van der Waals surface area contributed by atoms with Crippen molar-refractivity contribution in [1.29, 1.82) is 0 Å². The minimum Gasteiger partial charge on any atom is -0.504 e. The second-order valence-corrected chi connectivity index (χ2v) is 6.28. The van der Waals surface area contributed by atoms with Crippen LogP contribution in [0.25, 0.3) is 6.08 Å². The summed E-state index contributed by atoms with van der Waals surface area (Å²) in [5, 5.41) is 9.57. The van der Waals surface area contributed by atoms with Crippen molar-refractivity contribution in [2.45, 2.75) is 19.6 Å². The summed E-state index contributed by atoms with van der Waals surface area (Å²) in [5.74, 6) is 0.732. The van der Waals surface area contributed by atoms with Gasteiger partial charge in [0.2, 0.25) is 5.79 Å². The Morgan fingerprint density at radius 1 is 1.07 bits per heavy atom. The SMILES string of the molecule is COc1cc(/C=C/C=C/C(=O)Oc2ccc3c(c2)OC(C)(C)O3)ccc1O. The first-order valence-corrected chi connectivity index (χ1v) is 8.32. The molecule has 0 unspecified atom stereocenters. The zero-order valence-corrected chi connectivity index (χ0v) is 15.3. The van der Waals surface area contributed by atoms with Gasteiger partial charge < -0.3 is 24.1 Å². The van der Waals surface area contributed by atoms with Crippen LogP contribution in [0.3, 0.4) is 0 Å². The molecule has 3 rings (SSSR count). The van der Waals surface area contributed by atoms with Gasteiger partial charge in [-0.2, -0.15) is 0 Å². The summed E-state index contributed by atoms with van der Waals surface area (Å²) < 4.78 is 21.5. The van der Waals surface area contributed by atoms with E-state index in [-0.39, 0.29) is 5.75 Å². The number of aromatic hydroxyl groups is 1. The summed E-state index contributed by atoms with van der Waals surface area (Å²) in [7, 11) is 1.48. The molecule has 27 heavy (non-hydrogen) atoms. The molecule has 0 atom stereocenters. The maximum Gasteiger partial charge on any atom is 0.336 e. The number of methoxy groups -OCH3 is 1. The van der Waals surface area contributed by atoms with Crippen molar-refractivity contribution in [3.05, 3.63) is 60.2 Å². The highest BCUT2D eigenvalue weighted by Crippen LogP contribution is 2.41. The summed E-state index contributed by atoms with van der Waals surface area (Å²) in [6.45, 7) is 3.61. The number of benzene rings is 2. The largest absolute Gasteiger partial charge is 0.504 e. The highest BCUT2D eigenvalue weighted by atomic mass is 16.7. The van der Waals surface area contributed by atoms with Crippen molar-refractivity contribution < 1.29 is 28.8 Å². The smallest absolute Gasteiger partial charge is 0.336 e. The van der Waals surface area contributed by atoms with Crippen LogP contribution in [-0.2, 0) is 4.79 Å². The molecule has 0 saturated heterocycles. The van der Waals surface area contributed by atoms with Gasteiger partial charge in [0.25, 0.3) is 0 Å². The van der Waals surface area contributed by atoms with Gasteiger partial charge in [-0.15, -0.1) is 0 Å². The predicted molar refractivity (Wildman–Crippen MR) is 100 cm³/mol. The summed E-state index contributed by atoms with van der Waals surface area (Å²) in [5.41, 5.74) is 0.820. The average Bonchev–Trinajstić information content (AvgIpc) is 2.93. The Bertz CT molecular complexity index is 911. The average molecular weight is 368 g/mol. The first-order chi connectivity index (χ1) is 12.9. The Kier molecular flexibility index (Phi) is 5.07. The lowest BCUT2D eigenvalue weighted by atomic mass is 10.2. The molecule has 0 aromatic heterocycles. The summed E-state index contributed by atoms with van der Waals surface area (Å²) in [6.07, 6.45) is 6.34. The number of allylic oxidation sites excluding steroid dienone is 2. The molecule has 1 N–H and O–H groups in total. The molecule has 0 spiro atoms. The first-order valence-electron chi connectivity index (χ1n) is 8.32. The predicted octanol–water partition coefficient (Wildman–Crippen LogP) is 4.08. The van der Waals surface area contributed by atoms with Gasteiger partial charge in [-0.3, -0.25) is 0 Å². The molecule has 140 valence electrons. The van der Waals surface area contributed by atoms with Crippen molar-refractivity contribution in [2.24, 2.45) is 0 Å². The number of esters is 1. The zero-order valence-electron chi connectivity index (χ0n) is 15.3. The topological polar surface area (TPSA) is 74.2 Å². The van der Waals surface area contributed by atoms with Gasteiger partial charge in [0.1, 0.15) is 5.75 Å². The van der Waals surface area contributed by atoms with Gasteiger partial charge in [0, 0.05) is 26.0 Å². The number of fused-ring (bicyclic) bond motifs is 1.